The number of rotatable bonds is 5. The molecule has 1 amide bonds. The number of likely N-dealkylation sites (N-methyl/N-ethyl adjacent to an activating group) is 1. The van der Waals surface area contributed by atoms with Crippen LogP contribution in [0, 0.1) is 5.92 Å². The van der Waals surface area contributed by atoms with Crippen LogP contribution in [0.3, 0.4) is 0 Å². The smallest absolute Gasteiger partial charge is 0.233 e. The van der Waals surface area contributed by atoms with Gasteiger partial charge < -0.3 is 15.4 Å². The lowest BCUT2D eigenvalue weighted by atomic mass is 10.0. The molecule has 0 aromatic heterocycles. The average Bonchev–Trinajstić information content (AvgIpc) is 2.67. The molecule has 0 aliphatic carbocycles. The van der Waals surface area contributed by atoms with Crippen molar-refractivity contribution in [3.05, 3.63) is 0 Å². The Labute approximate surface area is 85.4 Å². The molecule has 1 aliphatic heterocycles. The van der Waals surface area contributed by atoms with E-state index in [1.54, 1.807) is 0 Å². The second-order valence-electron chi connectivity index (χ2n) is 3.75. The number of amides is 1. The Morgan fingerprint density at radius 3 is 3.00 bits per heavy atom. The maximum Gasteiger partial charge on any atom is 0.233 e. The minimum Gasteiger partial charge on any atom is -0.381 e. The van der Waals surface area contributed by atoms with Crippen molar-refractivity contribution in [2.75, 3.05) is 26.3 Å². The van der Waals surface area contributed by atoms with E-state index in [4.69, 9.17) is 4.74 Å². The predicted molar refractivity (Wildman–Crippen MR) is 55.1 cm³/mol. The summed E-state index contributed by atoms with van der Waals surface area (Å²) >= 11 is 0. The second kappa shape index (κ2) is 5.98. The van der Waals surface area contributed by atoms with Crippen molar-refractivity contribution in [2.24, 2.45) is 5.92 Å². The first kappa shape index (κ1) is 11.5. The van der Waals surface area contributed by atoms with Gasteiger partial charge in [0.2, 0.25) is 5.91 Å². The zero-order valence-corrected chi connectivity index (χ0v) is 9.01. The molecule has 0 aromatic carbocycles. The molecule has 0 spiro atoms. The molecule has 2 unspecified atom stereocenters. The van der Waals surface area contributed by atoms with Crippen molar-refractivity contribution in [3.8, 4) is 0 Å². The maximum atomic E-state index is 11.2. The van der Waals surface area contributed by atoms with Crippen LogP contribution < -0.4 is 10.6 Å². The quantitative estimate of drug-likeness (QED) is 0.663. The SMILES string of the molecule is CCNC(=O)CNC(C)C1CCOC1. The van der Waals surface area contributed by atoms with E-state index in [1.807, 2.05) is 6.92 Å². The molecular weight excluding hydrogens is 180 g/mol. The normalized spacial score (nSPS) is 23.4. The van der Waals surface area contributed by atoms with Crippen LogP contribution in [0.1, 0.15) is 20.3 Å². The molecule has 0 aromatic rings. The zero-order chi connectivity index (χ0) is 10.4. The summed E-state index contributed by atoms with van der Waals surface area (Å²) in [5.41, 5.74) is 0. The maximum absolute atomic E-state index is 11.2. The summed E-state index contributed by atoms with van der Waals surface area (Å²) < 4.78 is 5.29. The lowest BCUT2D eigenvalue weighted by Crippen LogP contribution is -2.41. The van der Waals surface area contributed by atoms with Crippen molar-refractivity contribution in [1.29, 1.82) is 0 Å². The lowest BCUT2D eigenvalue weighted by molar-refractivity contribution is -0.120. The van der Waals surface area contributed by atoms with Gasteiger partial charge in [-0.15, -0.1) is 0 Å². The number of ether oxygens (including phenoxy) is 1. The highest BCUT2D eigenvalue weighted by atomic mass is 16.5. The Hall–Kier alpha value is -0.610. The Morgan fingerprint density at radius 1 is 1.64 bits per heavy atom. The molecule has 0 saturated carbocycles. The van der Waals surface area contributed by atoms with Crippen LogP contribution in [-0.2, 0) is 9.53 Å². The summed E-state index contributed by atoms with van der Waals surface area (Å²) in [6.45, 7) is 6.82. The van der Waals surface area contributed by atoms with Gasteiger partial charge in [-0.3, -0.25) is 4.79 Å². The van der Waals surface area contributed by atoms with Crippen molar-refractivity contribution in [1.82, 2.24) is 10.6 Å². The first-order chi connectivity index (χ1) is 6.74. The Kier molecular flexibility index (Phi) is 4.90. The molecule has 1 saturated heterocycles. The van der Waals surface area contributed by atoms with Gasteiger partial charge in [0, 0.05) is 19.2 Å². The van der Waals surface area contributed by atoms with Gasteiger partial charge in [0.15, 0.2) is 0 Å². The van der Waals surface area contributed by atoms with E-state index in [-0.39, 0.29) is 5.91 Å². The molecule has 0 radical (unpaired) electrons. The summed E-state index contributed by atoms with van der Waals surface area (Å²) in [7, 11) is 0. The third-order valence-corrected chi connectivity index (χ3v) is 2.63. The molecule has 1 aliphatic rings. The van der Waals surface area contributed by atoms with Crippen molar-refractivity contribution in [2.45, 2.75) is 26.3 Å². The Bertz CT molecular complexity index is 179. The fourth-order valence-corrected chi connectivity index (χ4v) is 1.63. The van der Waals surface area contributed by atoms with Crippen LogP contribution in [0.15, 0.2) is 0 Å². The number of nitrogens with one attached hydrogen (secondary N) is 2. The molecule has 2 N–H and O–H groups in total. The van der Waals surface area contributed by atoms with E-state index >= 15 is 0 Å². The van der Waals surface area contributed by atoms with Crippen LogP contribution in [0.25, 0.3) is 0 Å². The molecule has 82 valence electrons. The van der Waals surface area contributed by atoms with Gasteiger partial charge in [-0.05, 0) is 26.2 Å². The molecule has 1 rings (SSSR count). The number of hydrogen-bond donors (Lipinski definition) is 2. The van der Waals surface area contributed by atoms with Crippen molar-refractivity contribution < 1.29 is 9.53 Å². The molecule has 0 bridgehead atoms. The van der Waals surface area contributed by atoms with Gasteiger partial charge in [0.25, 0.3) is 0 Å². The summed E-state index contributed by atoms with van der Waals surface area (Å²) in [5.74, 6) is 0.627. The summed E-state index contributed by atoms with van der Waals surface area (Å²) in [5, 5.41) is 5.98. The summed E-state index contributed by atoms with van der Waals surface area (Å²) in [6, 6.07) is 0.361. The molecule has 4 nitrogen and oxygen atoms in total. The molecule has 1 fully saturated rings. The minimum absolute atomic E-state index is 0.0678. The topological polar surface area (TPSA) is 50.4 Å². The lowest BCUT2D eigenvalue weighted by Gasteiger charge is -2.18. The number of hydrogen-bond acceptors (Lipinski definition) is 3. The summed E-state index contributed by atoms with van der Waals surface area (Å²) in [6.07, 6.45) is 1.10. The highest BCUT2D eigenvalue weighted by Crippen LogP contribution is 2.15. The first-order valence-corrected chi connectivity index (χ1v) is 5.32. The van der Waals surface area contributed by atoms with E-state index in [1.165, 1.54) is 0 Å². The molecular formula is C10H20N2O2. The fourth-order valence-electron chi connectivity index (χ4n) is 1.63. The molecule has 14 heavy (non-hydrogen) atoms. The largest absolute Gasteiger partial charge is 0.381 e. The van der Waals surface area contributed by atoms with Crippen molar-refractivity contribution in [3.63, 3.8) is 0 Å². The summed E-state index contributed by atoms with van der Waals surface area (Å²) in [4.78, 5) is 11.2. The van der Waals surface area contributed by atoms with Crippen LogP contribution in [-0.4, -0.2) is 38.3 Å². The third kappa shape index (κ3) is 3.64. The van der Waals surface area contributed by atoms with Crippen molar-refractivity contribution >= 4 is 5.91 Å². The van der Waals surface area contributed by atoms with Gasteiger partial charge >= 0.3 is 0 Å². The fraction of sp³-hybridized carbons (Fsp3) is 0.900. The number of carbonyl (C=O) groups is 1. The van der Waals surface area contributed by atoms with E-state index in [9.17, 15) is 4.79 Å². The van der Waals surface area contributed by atoms with Crippen LogP contribution >= 0.6 is 0 Å². The van der Waals surface area contributed by atoms with E-state index in [2.05, 4.69) is 17.6 Å². The molecule has 2 atom stereocenters. The first-order valence-electron chi connectivity index (χ1n) is 5.32. The van der Waals surface area contributed by atoms with E-state index < -0.39 is 0 Å². The van der Waals surface area contributed by atoms with Gasteiger partial charge in [-0.25, -0.2) is 0 Å². The van der Waals surface area contributed by atoms with Gasteiger partial charge in [-0.1, -0.05) is 0 Å². The third-order valence-electron chi connectivity index (χ3n) is 2.63. The standard InChI is InChI=1S/C10H20N2O2/c1-3-11-10(13)6-12-8(2)9-4-5-14-7-9/h8-9,12H,3-7H2,1-2H3,(H,11,13). The van der Waals surface area contributed by atoms with E-state index in [0.29, 0.717) is 25.0 Å². The highest BCUT2D eigenvalue weighted by molar-refractivity contribution is 5.77. The van der Waals surface area contributed by atoms with Gasteiger partial charge in [0.05, 0.1) is 13.2 Å². The van der Waals surface area contributed by atoms with Crippen LogP contribution in [0.5, 0.6) is 0 Å². The van der Waals surface area contributed by atoms with Crippen LogP contribution in [0.4, 0.5) is 0 Å². The van der Waals surface area contributed by atoms with Gasteiger partial charge in [-0.2, -0.15) is 0 Å². The Morgan fingerprint density at radius 2 is 2.43 bits per heavy atom. The zero-order valence-electron chi connectivity index (χ0n) is 9.01. The Balaban J connectivity index is 2.13. The molecule has 1 heterocycles. The second-order valence-corrected chi connectivity index (χ2v) is 3.75. The number of carbonyl (C=O) groups excluding carboxylic acids is 1. The highest BCUT2D eigenvalue weighted by Gasteiger charge is 2.21. The van der Waals surface area contributed by atoms with Crippen LogP contribution in [0.2, 0.25) is 0 Å². The monoisotopic (exact) mass is 200 g/mol. The molecule has 4 heteroatoms. The van der Waals surface area contributed by atoms with E-state index in [0.717, 1.165) is 19.6 Å². The predicted octanol–water partition coefficient (Wildman–Crippen LogP) is 0.137. The van der Waals surface area contributed by atoms with Gasteiger partial charge in [0.1, 0.15) is 0 Å². The minimum atomic E-state index is 0.0678. The average molecular weight is 200 g/mol.